The van der Waals surface area contributed by atoms with Crippen LogP contribution in [0, 0.1) is 0 Å². The second-order valence-electron chi connectivity index (χ2n) is 9.67. The van der Waals surface area contributed by atoms with Gasteiger partial charge in [-0.1, -0.05) is 6.07 Å². The quantitative estimate of drug-likeness (QED) is 0.283. The number of nitrogens with one attached hydrogen (secondary N) is 1. The van der Waals surface area contributed by atoms with Crippen LogP contribution in [0.3, 0.4) is 0 Å². The summed E-state index contributed by atoms with van der Waals surface area (Å²) in [6.07, 6.45) is 16.4. The van der Waals surface area contributed by atoms with Crippen LogP contribution in [0.15, 0.2) is 120 Å². The minimum Gasteiger partial charge on any atom is -0.446 e. The maximum Gasteiger partial charge on any atom is 0.230 e. The summed E-state index contributed by atoms with van der Waals surface area (Å²) in [5, 5.41) is 18.4. The molecule has 7 aromatic rings. The molecule has 13 nitrogen and oxygen atoms in total. The van der Waals surface area contributed by atoms with Crippen molar-refractivity contribution in [2.75, 3.05) is 4.90 Å². The lowest BCUT2D eigenvalue weighted by Crippen LogP contribution is -2.58. The number of H-pyrrole nitrogens is 1. The minimum absolute atomic E-state index is 0.268. The lowest BCUT2D eigenvalue weighted by molar-refractivity contribution is 0.291. The Morgan fingerprint density at radius 3 is 2.39 bits per heavy atom. The van der Waals surface area contributed by atoms with Crippen molar-refractivity contribution in [2.24, 2.45) is 0 Å². The summed E-state index contributed by atoms with van der Waals surface area (Å²) in [7, 11) is 0. The van der Waals surface area contributed by atoms with Crippen LogP contribution in [0.5, 0.6) is 0 Å². The first-order valence-corrected chi connectivity index (χ1v) is 14.3. The average molecular weight is 597 g/mol. The number of aromatic nitrogens is 11. The highest BCUT2D eigenvalue weighted by Crippen LogP contribution is 2.67. The zero-order chi connectivity index (χ0) is 29.4. The molecule has 0 saturated carbocycles. The van der Waals surface area contributed by atoms with Crippen molar-refractivity contribution in [2.45, 2.75) is 11.0 Å². The summed E-state index contributed by atoms with van der Waals surface area (Å²) in [4.78, 5) is 30.9. The van der Waals surface area contributed by atoms with Crippen molar-refractivity contribution in [1.29, 1.82) is 0 Å². The van der Waals surface area contributed by atoms with Gasteiger partial charge in [-0.25, -0.2) is 19.9 Å². The largest absolute Gasteiger partial charge is 0.446 e. The normalized spacial score (nSPS) is 19.9. The van der Waals surface area contributed by atoms with Crippen molar-refractivity contribution >= 4 is 28.6 Å². The molecule has 44 heavy (non-hydrogen) atoms. The number of aromatic amines is 1. The van der Waals surface area contributed by atoms with Gasteiger partial charge in [-0.15, -0.1) is 0 Å². The van der Waals surface area contributed by atoms with Crippen molar-refractivity contribution in [3.05, 3.63) is 150 Å². The first kappa shape index (κ1) is 25.7. The van der Waals surface area contributed by atoms with Crippen LogP contribution >= 0.6 is 11.5 Å². The number of oxazole rings is 1. The molecule has 0 bridgehead atoms. The van der Waals surface area contributed by atoms with Crippen molar-refractivity contribution in [3.8, 4) is 0 Å². The molecular weight excluding hydrogens is 576 g/mol. The topological polar surface area (TPSA) is 161 Å². The summed E-state index contributed by atoms with van der Waals surface area (Å²) in [5.41, 5.74) is 0.850. The third-order valence-electron chi connectivity index (χ3n) is 7.58. The molecule has 8 rings (SSSR count). The predicted molar refractivity (Wildman–Crippen MR) is 158 cm³/mol. The van der Waals surface area contributed by atoms with E-state index < -0.39 is 11.0 Å². The Kier molecular flexibility index (Phi) is 6.04. The standard InChI is InChI=1S/C30H20N12OS/c1-2-9-32-22(6-1)29(23-8-18-44-41-23)25(20-5-3-12-37-39-20)26(21-7-13-38-40-21)42(24-19-31-14-15-33-24)30(29,28-36-16-17-43-28)27-34-10-4-11-35-27/h1-19H,(H,38,40). The van der Waals surface area contributed by atoms with E-state index in [1.165, 1.54) is 17.8 Å². The number of hydrogen-bond acceptors (Lipinski definition) is 13. The number of pyridine rings is 1. The summed E-state index contributed by atoms with van der Waals surface area (Å²) < 4.78 is 11.3. The van der Waals surface area contributed by atoms with Crippen LogP contribution in [-0.2, 0) is 11.0 Å². The van der Waals surface area contributed by atoms with E-state index in [2.05, 4.69) is 25.4 Å². The second-order valence-corrected chi connectivity index (χ2v) is 10.3. The van der Waals surface area contributed by atoms with Gasteiger partial charge in [0.25, 0.3) is 0 Å². The molecule has 0 saturated heterocycles. The molecule has 1 aliphatic heterocycles. The molecule has 7 aromatic heterocycles. The molecule has 0 amide bonds. The SMILES string of the molecule is c1ccc(C2(c3ccsn3)C(c3cccnn3)=C(c3ccn[nH]3)N(c3cnccn3)C2(c2ncccn2)c2ncco2)nc1. The minimum atomic E-state index is -1.54. The van der Waals surface area contributed by atoms with Crippen LogP contribution in [0.4, 0.5) is 5.82 Å². The van der Waals surface area contributed by atoms with E-state index in [1.54, 1.807) is 61.8 Å². The summed E-state index contributed by atoms with van der Waals surface area (Å²) in [5.74, 6) is 1.07. The fourth-order valence-electron chi connectivity index (χ4n) is 6.15. The Labute approximate surface area is 253 Å². The Bertz CT molecular complexity index is 2010. The van der Waals surface area contributed by atoms with Gasteiger partial charge in [0.2, 0.25) is 11.4 Å². The monoisotopic (exact) mass is 596 g/mol. The second kappa shape index (κ2) is 10.4. The van der Waals surface area contributed by atoms with Gasteiger partial charge in [-0.05, 0) is 54.0 Å². The molecule has 0 spiro atoms. The maximum absolute atomic E-state index is 6.33. The zero-order valence-electron chi connectivity index (χ0n) is 22.7. The van der Waals surface area contributed by atoms with Gasteiger partial charge in [0.1, 0.15) is 11.7 Å². The molecule has 0 aliphatic carbocycles. The third kappa shape index (κ3) is 3.51. The molecule has 8 heterocycles. The first-order valence-electron chi connectivity index (χ1n) is 13.5. The molecule has 2 unspecified atom stereocenters. The van der Waals surface area contributed by atoms with Crippen molar-refractivity contribution in [3.63, 3.8) is 0 Å². The van der Waals surface area contributed by atoms with E-state index in [0.717, 1.165) is 0 Å². The van der Waals surface area contributed by atoms with Crippen molar-refractivity contribution in [1.82, 2.24) is 54.7 Å². The van der Waals surface area contributed by atoms with Crippen LogP contribution in [0.1, 0.15) is 34.5 Å². The van der Waals surface area contributed by atoms with E-state index in [9.17, 15) is 0 Å². The fourth-order valence-corrected chi connectivity index (χ4v) is 6.71. The molecular formula is C30H20N12OS. The van der Waals surface area contributed by atoms with Crippen LogP contribution in [0.2, 0.25) is 0 Å². The summed E-state index contributed by atoms with van der Waals surface area (Å²) in [6, 6.07) is 15.1. The van der Waals surface area contributed by atoms with Gasteiger partial charge < -0.3 is 4.42 Å². The number of rotatable bonds is 7. The predicted octanol–water partition coefficient (Wildman–Crippen LogP) is 3.94. The zero-order valence-corrected chi connectivity index (χ0v) is 23.5. The smallest absolute Gasteiger partial charge is 0.230 e. The van der Waals surface area contributed by atoms with E-state index in [-0.39, 0.29) is 5.89 Å². The van der Waals surface area contributed by atoms with Gasteiger partial charge in [-0.2, -0.15) is 19.7 Å². The Morgan fingerprint density at radius 2 is 1.70 bits per heavy atom. The number of nitrogens with zero attached hydrogens (tertiary/aromatic N) is 11. The number of hydrogen-bond donors (Lipinski definition) is 1. The van der Waals surface area contributed by atoms with Gasteiger partial charge >= 0.3 is 0 Å². The van der Waals surface area contributed by atoms with Gasteiger partial charge in [0.15, 0.2) is 11.6 Å². The molecule has 0 radical (unpaired) electrons. The van der Waals surface area contributed by atoms with E-state index >= 15 is 0 Å². The van der Waals surface area contributed by atoms with E-state index in [1.807, 2.05) is 52.7 Å². The molecule has 2 atom stereocenters. The summed E-state index contributed by atoms with van der Waals surface area (Å²) in [6.45, 7) is 0. The fraction of sp³-hybridized carbons (Fsp3) is 0.0667. The van der Waals surface area contributed by atoms with Crippen molar-refractivity contribution < 1.29 is 4.42 Å². The number of anilines is 1. The Morgan fingerprint density at radius 1 is 0.773 bits per heavy atom. The van der Waals surface area contributed by atoms with Gasteiger partial charge in [0, 0.05) is 54.3 Å². The van der Waals surface area contributed by atoms with E-state index in [4.69, 9.17) is 33.7 Å². The molecule has 1 aliphatic rings. The third-order valence-corrected chi connectivity index (χ3v) is 8.14. The van der Waals surface area contributed by atoms with Gasteiger partial charge in [-0.3, -0.25) is 20.0 Å². The lowest BCUT2D eigenvalue weighted by atomic mass is 9.60. The van der Waals surface area contributed by atoms with Crippen LogP contribution in [0.25, 0.3) is 11.3 Å². The van der Waals surface area contributed by atoms with Gasteiger partial charge in [0.05, 0.1) is 40.9 Å². The highest BCUT2D eigenvalue weighted by Gasteiger charge is 2.73. The molecule has 0 aromatic carbocycles. The van der Waals surface area contributed by atoms with Crippen LogP contribution in [-0.4, -0.2) is 54.7 Å². The molecule has 14 heteroatoms. The lowest BCUT2D eigenvalue weighted by Gasteiger charge is -2.46. The first-order chi connectivity index (χ1) is 21.9. The average Bonchev–Trinajstić information content (AvgIpc) is 3.93. The molecule has 0 fully saturated rings. The molecule has 212 valence electrons. The maximum atomic E-state index is 6.33. The highest BCUT2D eigenvalue weighted by atomic mass is 32.1. The Hall–Kier alpha value is -6.02. The molecule has 1 N–H and O–H groups in total. The van der Waals surface area contributed by atoms with Crippen LogP contribution < -0.4 is 4.90 Å². The highest BCUT2D eigenvalue weighted by molar-refractivity contribution is 7.03. The summed E-state index contributed by atoms with van der Waals surface area (Å²) >= 11 is 1.31. The Balaban J connectivity index is 1.70. The van der Waals surface area contributed by atoms with E-state index in [0.29, 0.717) is 45.7 Å².